The van der Waals surface area contributed by atoms with Crippen LogP contribution >= 0.6 is 0 Å². The average molecular weight is 288 g/mol. The molecular formula is C14H16N4O3. The molecule has 1 aromatic heterocycles. The van der Waals surface area contributed by atoms with Gasteiger partial charge in [-0.15, -0.1) is 0 Å². The van der Waals surface area contributed by atoms with Crippen LogP contribution in [0.4, 0.5) is 11.4 Å². The van der Waals surface area contributed by atoms with E-state index in [9.17, 15) is 14.4 Å². The smallest absolute Gasteiger partial charge is 0.328 e. The lowest BCUT2D eigenvalue weighted by Gasteiger charge is -2.11. The number of rotatable bonds is 3. The van der Waals surface area contributed by atoms with Crippen LogP contribution in [0.2, 0.25) is 0 Å². The van der Waals surface area contributed by atoms with Crippen molar-refractivity contribution in [2.24, 2.45) is 0 Å². The number of aromatic nitrogens is 2. The highest BCUT2D eigenvalue weighted by atomic mass is 16.2. The summed E-state index contributed by atoms with van der Waals surface area (Å²) >= 11 is 0. The van der Waals surface area contributed by atoms with Crippen molar-refractivity contribution in [1.82, 2.24) is 9.55 Å². The zero-order valence-corrected chi connectivity index (χ0v) is 11.8. The number of nitrogens with one attached hydrogen (secondary N) is 2. The molecule has 0 spiro atoms. The Morgan fingerprint density at radius 1 is 1.33 bits per heavy atom. The molecule has 0 aliphatic carbocycles. The summed E-state index contributed by atoms with van der Waals surface area (Å²) in [5.74, 6) is -0.378. The van der Waals surface area contributed by atoms with Gasteiger partial charge < -0.3 is 11.1 Å². The summed E-state index contributed by atoms with van der Waals surface area (Å²) in [6, 6.07) is 5.19. The molecule has 2 rings (SSSR count). The third kappa shape index (κ3) is 3.19. The lowest BCUT2D eigenvalue weighted by atomic mass is 10.1. The third-order valence-corrected chi connectivity index (χ3v) is 3.15. The van der Waals surface area contributed by atoms with Gasteiger partial charge >= 0.3 is 5.69 Å². The quantitative estimate of drug-likeness (QED) is 0.709. The monoisotopic (exact) mass is 288 g/mol. The standard InChI is InChI=1S/C14H16N4O3/c1-8-6-18(14(21)17-13(8)20)7-12(19)16-11-5-3-4-10(15)9(11)2/h3-6H,7,15H2,1-2H3,(H,16,19)(H,17,20,21). The highest BCUT2D eigenvalue weighted by Gasteiger charge is 2.09. The SMILES string of the molecule is Cc1c(N)cccc1NC(=O)Cn1cc(C)c(=O)[nH]c1=O. The van der Waals surface area contributed by atoms with E-state index < -0.39 is 11.2 Å². The van der Waals surface area contributed by atoms with Crippen LogP contribution in [-0.4, -0.2) is 15.5 Å². The van der Waals surface area contributed by atoms with E-state index in [1.165, 1.54) is 6.20 Å². The Hall–Kier alpha value is -2.83. The van der Waals surface area contributed by atoms with Gasteiger partial charge in [0, 0.05) is 23.1 Å². The van der Waals surface area contributed by atoms with Crippen molar-refractivity contribution in [2.45, 2.75) is 20.4 Å². The first kappa shape index (κ1) is 14.6. The Morgan fingerprint density at radius 2 is 2.05 bits per heavy atom. The number of carbonyl (C=O) groups is 1. The van der Waals surface area contributed by atoms with Gasteiger partial charge in [-0.1, -0.05) is 6.07 Å². The predicted octanol–water partition coefficient (Wildman–Crippen LogP) is 0.374. The number of hydrogen-bond donors (Lipinski definition) is 3. The Morgan fingerprint density at radius 3 is 2.76 bits per heavy atom. The minimum absolute atomic E-state index is 0.190. The molecule has 0 saturated heterocycles. The van der Waals surface area contributed by atoms with E-state index in [0.717, 1.165) is 10.1 Å². The summed E-state index contributed by atoms with van der Waals surface area (Å²) in [5, 5.41) is 2.69. The molecule has 2 aromatic rings. The number of H-pyrrole nitrogens is 1. The van der Waals surface area contributed by atoms with Gasteiger partial charge in [0.1, 0.15) is 6.54 Å². The Labute approximate surface area is 120 Å². The number of amides is 1. The molecule has 0 saturated carbocycles. The summed E-state index contributed by atoms with van der Waals surface area (Å²) in [7, 11) is 0. The molecule has 21 heavy (non-hydrogen) atoms. The molecular weight excluding hydrogens is 272 g/mol. The summed E-state index contributed by atoms with van der Waals surface area (Å²) < 4.78 is 1.15. The second kappa shape index (κ2) is 5.66. The lowest BCUT2D eigenvalue weighted by molar-refractivity contribution is -0.116. The fourth-order valence-corrected chi connectivity index (χ4v) is 1.87. The number of anilines is 2. The maximum atomic E-state index is 12.0. The third-order valence-electron chi connectivity index (χ3n) is 3.15. The van der Waals surface area contributed by atoms with E-state index in [2.05, 4.69) is 10.3 Å². The molecule has 0 aliphatic heterocycles. The number of carbonyl (C=O) groups excluding carboxylic acids is 1. The van der Waals surface area contributed by atoms with Crippen LogP contribution in [0.3, 0.4) is 0 Å². The molecule has 0 aliphatic rings. The fourth-order valence-electron chi connectivity index (χ4n) is 1.87. The van der Waals surface area contributed by atoms with Gasteiger partial charge in [-0.3, -0.25) is 19.1 Å². The van der Waals surface area contributed by atoms with Gasteiger partial charge in [0.2, 0.25) is 5.91 Å². The Balaban J connectivity index is 2.19. The van der Waals surface area contributed by atoms with Crippen LogP contribution in [0.5, 0.6) is 0 Å². The molecule has 7 nitrogen and oxygen atoms in total. The second-order valence-electron chi connectivity index (χ2n) is 4.77. The van der Waals surface area contributed by atoms with Crippen molar-refractivity contribution in [3.05, 3.63) is 56.4 Å². The fraction of sp³-hybridized carbons (Fsp3) is 0.214. The van der Waals surface area contributed by atoms with Crippen molar-refractivity contribution < 1.29 is 4.79 Å². The Kier molecular flexibility index (Phi) is 3.93. The molecule has 1 amide bonds. The van der Waals surface area contributed by atoms with Crippen LogP contribution in [0.1, 0.15) is 11.1 Å². The summed E-state index contributed by atoms with van der Waals surface area (Å²) in [6.07, 6.45) is 1.35. The molecule has 110 valence electrons. The molecule has 0 bridgehead atoms. The first-order chi connectivity index (χ1) is 9.88. The van der Waals surface area contributed by atoms with Crippen molar-refractivity contribution in [2.75, 3.05) is 11.1 Å². The number of nitrogens with zero attached hydrogens (tertiary/aromatic N) is 1. The van der Waals surface area contributed by atoms with Crippen LogP contribution in [0, 0.1) is 13.8 Å². The van der Waals surface area contributed by atoms with Gasteiger partial charge in [0.25, 0.3) is 5.56 Å². The van der Waals surface area contributed by atoms with Crippen LogP contribution in [0.25, 0.3) is 0 Å². The van der Waals surface area contributed by atoms with E-state index >= 15 is 0 Å². The minimum atomic E-state index is -0.620. The van der Waals surface area contributed by atoms with Crippen molar-refractivity contribution in [1.29, 1.82) is 0 Å². The first-order valence-corrected chi connectivity index (χ1v) is 6.34. The van der Waals surface area contributed by atoms with Crippen LogP contribution < -0.4 is 22.3 Å². The van der Waals surface area contributed by atoms with E-state index in [4.69, 9.17) is 5.73 Å². The molecule has 4 N–H and O–H groups in total. The normalized spacial score (nSPS) is 10.4. The van der Waals surface area contributed by atoms with Crippen molar-refractivity contribution in [3.8, 4) is 0 Å². The van der Waals surface area contributed by atoms with E-state index in [-0.39, 0.29) is 12.5 Å². The predicted molar refractivity (Wildman–Crippen MR) is 80.3 cm³/mol. The molecule has 7 heteroatoms. The van der Waals surface area contributed by atoms with Crippen molar-refractivity contribution >= 4 is 17.3 Å². The van der Waals surface area contributed by atoms with E-state index in [0.29, 0.717) is 16.9 Å². The number of aromatic amines is 1. The maximum absolute atomic E-state index is 12.0. The topological polar surface area (TPSA) is 110 Å². The molecule has 0 radical (unpaired) electrons. The second-order valence-corrected chi connectivity index (χ2v) is 4.77. The minimum Gasteiger partial charge on any atom is -0.398 e. The molecule has 0 fully saturated rings. The van der Waals surface area contributed by atoms with Gasteiger partial charge in [0.05, 0.1) is 0 Å². The van der Waals surface area contributed by atoms with Gasteiger partial charge in [-0.2, -0.15) is 0 Å². The number of aryl methyl sites for hydroxylation is 1. The van der Waals surface area contributed by atoms with Gasteiger partial charge in [-0.25, -0.2) is 4.79 Å². The highest BCUT2D eigenvalue weighted by Crippen LogP contribution is 2.20. The first-order valence-electron chi connectivity index (χ1n) is 6.34. The van der Waals surface area contributed by atoms with Crippen LogP contribution in [0.15, 0.2) is 34.0 Å². The molecule has 0 atom stereocenters. The summed E-state index contributed by atoms with van der Waals surface area (Å²) in [5.41, 5.74) is 6.98. The zero-order valence-electron chi connectivity index (χ0n) is 11.8. The van der Waals surface area contributed by atoms with E-state index in [1.807, 2.05) is 0 Å². The number of benzene rings is 1. The largest absolute Gasteiger partial charge is 0.398 e. The van der Waals surface area contributed by atoms with Crippen LogP contribution in [-0.2, 0) is 11.3 Å². The average Bonchev–Trinajstić information content (AvgIpc) is 2.41. The summed E-state index contributed by atoms with van der Waals surface area (Å²) in [4.78, 5) is 37.0. The Bertz CT molecular complexity index is 805. The van der Waals surface area contributed by atoms with Gasteiger partial charge in [0.15, 0.2) is 0 Å². The molecule has 0 unspecified atom stereocenters. The molecule has 1 aromatic carbocycles. The maximum Gasteiger partial charge on any atom is 0.328 e. The number of nitrogens with two attached hydrogens (primary N) is 1. The van der Waals surface area contributed by atoms with E-state index in [1.54, 1.807) is 32.0 Å². The number of hydrogen-bond acceptors (Lipinski definition) is 4. The summed E-state index contributed by atoms with van der Waals surface area (Å²) in [6.45, 7) is 3.17. The zero-order chi connectivity index (χ0) is 15.6. The van der Waals surface area contributed by atoms with Crippen molar-refractivity contribution in [3.63, 3.8) is 0 Å². The highest BCUT2D eigenvalue weighted by molar-refractivity contribution is 5.92. The van der Waals surface area contributed by atoms with Gasteiger partial charge in [-0.05, 0) is 31.5 Å². The molecule has 1 heterocycles. The lowest BCUT2D eigenvalue weighted by Crippen LogP contribution is -2.34. The number of nitrogen functional groups attached to an aromatic ring is 1.